The lowest BCUT2D eigenvalue weighted by Gasteiger charge is -2.28. The van der Waals surface area contributed by atoms with Gasteiger partial charge in [-0.15, -0.1) is 11.8 Å². The number of carboxylic acid groups (broad SMARTS) is 1. The maximum atomic E-state index is 11.8. The third-order valence-corrected chi connectivity index (χ3v) is 6.56. The van der Waals surface area contributed by atoms with E-state index in [1.165, 1.54) is 18.0 Å². The van der Waals surface area contributed by atoms with Crippen molar-refractivity contribution in [1.82, 2.24) is 14.9 Å². The topological polar surface area (TPSA) is 176 Å². The SMILES string of the molecule is CCC(C)(S/C(CCOP(=O)(O)O)=C(/C)N(C=O)Cc1cnc(C)nc1N)C(=O)O. The maximum Gasteiger partial charge on any atom is 0.469 e. The molecule has 30 heavy (non-hydrogen) atoms. The minimum atomic E-state index is -4.69. The molecule has 13 heteroatoms. The minimum absolute atomic E-state index is 0.00526. The molecule has 1 aromatic heterocycles. The summed E-state index contributed by atoms with van der Waals surface area (Å²) in [5.41, 5.74) is 6.80. The van der Waals surface area contributed by atoms with E-state index in [1.807, 2.05) is 0 Å². The van der Waals surface area contributed by atoms with Crippen molar-refractivity contribution in [3.05, 3.63) is 28.2 Å². The Morgan fingerprint density at radius 3 is 2.57 bits per heavy atom. The second kappa shape index (κ2) is 10.9. The molecule has 1 atom stereocenters. The first-order valence-electron chi connectivity index (χ1n) is 8.95. The highest BCUT2D eigenvalue weighted by atomic mass is 32.2. The summed E-state index contributed by atoms with van der Waals surface area (Å²) in [5.74, 6) is -0.359. The fourth-order valence-electron chi connectivity index (χ4n) is 2.31. The van der Waals surface area contributed by atoms with Crippen molar-refractivity contribution >= 4 is 37.8 Å². The predicted molar refractivity (Wildman–Crippen MR) is 112 cm³/mol. The first kappa shape index (κ1) is 26.1. The van der Waals surface area contributed by atoms with Crippen LogP contribution in [0.25, 0.3) is 0 Å². The highest BCUT2D eigenvalue weighted by molar-refractivity contribution is 8.05. The number of thioether (sulfide) groups is 1. The van der Waals surface area contributed by atoms with Gasteiger partial charge >= 0.3 is 13.8 Å². The molecule has 0 spiro atoms. The van der Waals surface area contributed by atoms with Crippen LogP contribution in [0.3, 0.4) is 0 Å². The maximum absolute atomic E-state index is 11.8. The number of nitrogen functional groups attached to an aromatic ring is 1. The highest BCUT2D eigenvalue weighted by Crippen LogP contribution is 2.41. The van der Waals surface area contributed by atoms with Crippen molar-refractivity contribution < 1.29 is 33.6 Å². The van der Waals surface area contributed by atoms with Gasteiger partial charge in [0.15, 0.2) is 0 Å². The van der Waals surface area contributed by atoms with Crippen LogP contribution < -0.4 is 5.73 Å². The molecule has 0 aliphatic carbocycles. The average Bonchev–Trinajstić information content (AvgIpc) is 2.65. The van der Waals surface area contributed by atoms with Crippen molar-refractivity contribution in [2.24, 2.45) is 0 Å². The molecule has 1 unspecified atom stereocenters. The molecule has 1 aromatic rings. The van der Waals surface area contributed by atoms with E-state index in [2.05, 4.69) is 14.5 Å². The Bertz CT molecular complexity index is 861. The standard InChI is InChI=1S/C17H27N4O7PS/c1-5-17(4,16(23)24)30-14(6-7-28-29(25,26)27)11(2)21(10-22)9-13-8-19-12(3)20-15(13)18/h8,10H,5-7,9H2,1-4H3,(H,23,24)(H2,18,19,20)(H2,25,26,27)/b14-11-. The zero-order chi connectivity index (χ0) is 23.1. The van der Waals surface area contributed by atoms with Crippen molar-refractivity contribution in [2.45, 2.75) is 51.8 Å². The fraction of sp³-hybridized carbons (Fsp3) is 0.529. The Hall–Kier alpha value is -1.98. The van der Waals surface area contributed by atoms with E-state index in [0.717, 1.165) is 11.8 Å². The van der Waals surface area contributed by atoms with E-state index in [9.17, 15) is 19.3 Å². The van der Waals surface area contributed by atoms with Crippen LogP contribution in [0.2, 0.25) is 0 Å². The van der Waals surface area contributed by atoms with Gasteiger partial charge in [0.25, 0.3) is 0 Å². The van der Waals surface area contributed by atoms with Crippen LogP contribution in [-0.2, 0) is 25.2 Å². The Labute approximate surface area is 179 Å². The third kappa shape index (κ3) is 7.69. The van der Waals surface area contributed by atoms with Crippen LogP contribution in [0.4, 0.5) is 5.82 Å². The second-order valence-electron chi connectivity index (χ2n) is 6.64. The van der Waals surface area contributed by atoms with E-state index >= 15 is 0 Å². The predicted octanol–water partition coefficient (Wildman–Crippen LogP) is 2.04. The normalized spacial score (nSPS) is 14.6. The zero-order valence-electron chi connectivity index (χ0n) is 17.2. The van der Waals surface area contributed by atoms with Crippen LogP contribution in [0.5, 0.6) is 0 Å². The summed E-state index contributed by atoms with van der Waals surface area (Å²) in [6.45, 7) is 6.22. The molecular weight excluding hydrogens is 435 g/mol. The number of aryl methyl sites for hydroxylation is 1. The summed E-state index contributed by atoms with van der Waals surface area (Å²) < 4.78 is 14.3. The number of aromatic nitrogens is 2. The Kier molecular flexibility index (Phi) is 9.44. The number of rotatable bonds is 12. The number of carbonyl (C=O) groups is 2. The van der Waals surface area contributed by atoms with Gasteiger partial charge in [-0.3, -0.25) is 14.1 Å². The Balaban J connectivity index is 3.26. The molecule has 0 aliphatic rings. The Morgan fingerprint density at radius 2 is 2.10 bits per heavy atom. The molecule has 1 amide bonds. The van der Waals surface area contributed by atoms with Gasteiger partial charge < -0.3 is 25.5 Å². The molecule has 5 N–H and O–H groups in total. The molecule has 0 bridgehead atoms. The number of phosphoric ester groups is 1. The van der Waals surface area contributed by atoms with E-state index in [-0.39, 0.29) is 31.8 Å². The molecule has 11 nitrogen and oxygen atoms in total. The van der Waals surface area contributed by atoms with Crippen molar-refractivity contribution in [2.75, 3.05) is 12.3 Å². The summed E-state index contributed by atoms with van der Waals surface area (Å²) in [5, 5.41) is 9.60. The summed E-state index contributed by atoms with van der Waals surface area (Å²) in [6, 6.07) is 0. The quantitative estimate of drug-likeness (QED) is 0.264. The molecule has 0 radical (unpaired) electrons. The van der Waals surface area contributed by atoms with E-state index in [4.69, 9.17) is 15.5 Å². The first-order valence-corrected chi connectivity index (χ1v) is 11.3. The summed E-state index contributed by atoms with van der Waals surface area (Å²) >= 11 is 1.00. The van der Waals surface area contributed by atoms with Crippen LogP contribution in [-0.4, -0.2) is 53.5 Å². The van der Waals surface area contributed by atoms with E-state index in [0.29, 0.717) is 28.4 Å². The number of phosphoric acid groups is 1. The number of nitrogens with zero attached hydrogens (tertiary/aromatic N) is 3. The molecule has 0 fully saturated rings. The molecule has 0 aromatic carbocycles. The van der Waals surface area contributed by atoms with Gasteiger partial charge in [-0.25, -0.2) is 14.5 Å². The smallest absolute Gasteiger partial charge is 0.469 e. The van der Waals surface area contributed by atoms with Crippen molar-refractivity contribution in [3.63, 3.8) is 0 Å². The number of amides is 1. The van der Waals surface area contributed by atoms with Gasteiger partial charge in [0.2, 0.25) is 6.41 Å². The number of anilines is 1. The zero-order valence-corrected chi connectivity index (χ0v) is 18.9. The van der Waals surface area contributed by atoms with Gasteiger partial charge in [0.05, 0.1) is 13.2 Å². The van der Waals surface area contributed by atoms with Crippen molar-refractivity contribution in [3.8, 4) is 0 Å². The van der Waals surface area contributed by atoms with Gasteiger partial charge in [-0.1, -0.05) is 6.92 Å². The summed E-state index contributed by atoms with van der Waals surface area (Å²) in [6.07, 6.45) is 2.33. The monoisotopic (exact) mass is 462 g/mol. The molecule has 0 saturated carbocycles. The largest absolute Gasteiger partial charge is 0.480 e. The summed E-state index contributed by atoms with van der Waals surface area (Å²) in [7, 11) is -4.69. The minimum Gasteiger partial charge on any atom is -0.480 e. The average molecular weight is 462 g/mol. The van der Waals surface area contributed by atoms with E-state index < -0.39 is 18.5 Å². The third-order valence-electron chi connectivity index (χ3n) is 4.38. The van der Waals surface area contributed by atoms with Gasteiger partial charge in [0, 0.05) is 28.8 Å². The number of carbonyl (C=O) groups excluding carboxylic acids is 1. The summed E-state index contributed by atoms with van der Waals surface area (Å²) in [4.78, 5) is 51.2. The number of aliphatic carboxylic acids is 1. The number of hydrogen-bond donors (Lipinski definition) is 4. The molecule has 0 saturated heterocycles. The molecule has 1 heterocycles. The lowest BCUT2D eigenvalue weighted by molar-refractivity contribution is -0.139. The highest BCUT2D eigenvalue weighted by Gasteiger charge is 2.34. The van der Waals surface area contributed by atoms with Crippen LogP contribution in [0.1, 0.15) is 45.0 Å². The number of hydrogen-bond acceptors (Lipinski definition) is 8. The van der Waals surface area contributed by atoms with Crippen LogP contribution >= 0.6 is 19.6 Å². The number of nitrogens with two attached hydrogens (primary N) is 1. The molecular formula is C17H27N4O7PS. The molecule has 1 rings (SSSR count). The second-order valence-corrected chi connectivity index (χ2v) is 9.47. The van der Waals surface area contributed by atoms with Crippen molar-refractivity contribution in [1.29, 1.82) is 0 Å². The van der Waals surface area contributed by atoms with E-state index in [1.54, 1.807) is 20.8 Å². The van der Waals surface area contributed by atoms with Gasteiger partial charge in [-0.2, -0.15) is 0 Å². The molecule has 0 aliphatic heterocycles. The fourth-order valence-corrected chi connectivity index (χ4v) is 3.87. The molecule has 168 valence electrons. The number of carboxylic acids is 1. The van der Waals surface area contributed by atoms with Crippen LogP contribution in [0, 0.1) is 6.92 Å². The number of allylic oxidation sites excluding steroid dienone is 1. The lowest BCUT2D eigenvalue weighted by atomic mass is 10.1. The first-order chi connectivity index (χ1) is 13.8. The lowest BCUT2D eigenvalue weighted by Crippen LogP contribution is -2.31. The van der Waals surface area contributed by atoms with Crippen LogP contribution in [0.15, 0.2) is 16.8 Å². The Morgan fingerprint density at radius 1 is 1.47 bits per heavy atom. The van der Waals surface area contributed by atoms with Gasteiger partial charge in [-0.05, 0) is 27.2 Å². The van der Waals surface area contributed by atoms with Gasteiger partial charge in [0.1, 0.15) is 16.4 Å².